The summed E-state index contributed by atoms with van der Waals surface area (Å²) in [6, 6.07) is 11.8. The zero-order valence-electron chi connectivity index (χ0n) is 17.8. The zero-order valence-corrected chi connectivity index (χ0v) is 18.6. The molecular weight excluding hydrogens is 402 g/mol. The second-order valence-corrected chi connectivity index (χ2v) is 7.88. The van der Waals surface area contributed by atoms with E-state index in [2.05, 4.69) is 10.3 Å². The molecule has 0 spiro atoms. The fraction of sp³-hybridized carbons (Fsp3) is 0.455. The number of guanidine groups is 1. The molecule has 0 bridgehead atoms. The number of halogens is 1. The molecule has 2 aromatic rings. The summed E-state index contributed by atoms with van der Waals surface area (Å²) >= 11 is 6.11. The summed E-state index contributed by atoms with van der Waals surface area (Å²) in [7, 11) is 5.69. The number of morpholine rings is 1. The quantitative estimate of drug-likeness (QED) is 0.563. The van der Waals surface area contributed by atoms with Gasteiger partial charge in [0.05, 0.1) is 30.7 Å². The van der Waals surface area contributed by atoms with E-state index in [1.165, 1.54) is 0 Å². The third-order valence-electron chi connectivity index (χ3n) is 5.33. The van der Waals surface area contributed by atoms with Crippen LogP contribution in [0.15, 0.2) is 47.6 Å². The van der Waals surface area contributed by atoms with Crippen LogP contribution in [-0.2, 0) is 23.1 Å². The average Bonchev–Trinajstić information content (AvgIpc) is 3.08. The molecule has 1 aromatic carbocycles. The first-order valence-corrected chi connectivity index (χ1v) is 10.5. The molecule has 30 heavy (non-hydrogen) atoms. The summed E-state index contributed by atoms with van der Waals surface area (Å²) in [5.41, 5.74) is 2.07. The number of aryl methyl sites for hydroxylation is 1. The minimum absolute atomic E-state index is 0.115. The second-order valence-electron chi connectivity index (χ2n) is 7.45. The van der Waals surface area contributed by atoms with Gasteiger partial charge in [0.25, 0.3) is 0 Å². The highest BCUT2D eigenvalue weighted by Crippen LogP contribution is 2.19. The Bertz CT molecular complexity index is 862. The van der Waals surface area contributed by atoms with Crippen LogP contribution in [0.3, 0.4) is 0 Å². The molecule has 1 atom stereocenters. The molecule has 1 aromatic heterocycles. The van der Waals surface area contributed by atoms with Crippen molar-refractivity contribution in [1.82, 2.24) is 19.7 Å². The van der Waals surface area contributed by atoms with Gasteiger partial charge in [-0.15, -0.1) is 0 Å². The lowest BCUT2D eigenvalue weighted by atomic mass is 9.97. The third-order valence-corrected chi connectivity index (χ3v) is 5.54. The van der Waals surface area contributed by atoms with Gasteiger partial charge in [0.2, 0.25) is 5.91 Å². The first-order chi connectivity index (χ1) is 14.5. The SMILES string of the molecule is CN=C(NCC(C(=O)N1CCOCC1)c1ccccc1)N(C)Cc1cc(Cl)cn1C. The number of benzene rings is 1. The number of ether oxygens (including phenoxy) is 1. The van der Waals surface area contributed by atoms with Crippen LogP contribution >= 0.6 is 11.6 Å². The molecule has 1 aliphatic rings. The first-order valence-electron chi connectivity index (χ1n) is 10.1. The standard InChI is InChI=1S/C22H30ClN5O2/c1-24-22(27(3)16-19-13-18(23)15-26(19)2)25-14-20(17-7-5-4-6-8-17)21(29)28-9-11-30-12-10-28/h4-8,13,15,20H,9-12,14,16H2,1-3H3,(H,24,25). The topological polar surface area (TPSA) is 62.1 Å². The molecule has 162 valence electrons. The Morgan fingerprint density at radius 2 is 2.00 bits per heavy atom. The van der Waals surface area contributed by atoms with Crippen molar-refractivity contribution in [2.45, 2.75) is 12.5 Å². The Morgan fingerprint density at radius 3 is 2.60 bits per heavy atom. The van der Waals surface area contributed by atoms with E-state index in [9.17, 15) is 4.79 Å². The van der Waals surface area contributed by atoms with Crippen LogP contribution < -0.4 is 5.32 Å². The smallest absolute Gasteiger partial charge is 0.232 e. The molecular formula is C22H30ClN5O2. The normalized spacial score (nSPS) is 15.7. The predicted molar refractivity (Wildman–Crippen MR) is 120 cm³/mol. The van der Waals surface area contributed by atoms with Gasteiger partial charge in [-0.25, -0.2) is 0 Å². The van der Waals surface area contributed by atoms with E-state index < -0.39 is 0 Å². The van der Waals surface area contributed by atoms with Gasteiger partial charge in [-0.05, 0) is 11.6 Å². The number of carbonyl (C=O) groups is 1. The maximum absolute atomic E-state index is 13.3. The van der Waals surface area contributed by atoms with Gasteiger partial charge in [0, 0.05) is 52.7 Å². The highest BCUT2D eigenvalue weighted by Gasteiger charge is 2.27. The van der Waals surface area contributed by atoms with Gasteiger partial charge in [0.1, 0.15) is 0 Å². The Balaban J connectivity index is 1.70. The first kappa shape index (κ1) is 22.2. The Hall–Kier alpha value is -2.51. The lowest BCUT2D eigenvalue weighted by Crippen LogP contribution is -2.47. The van der Waals surface area contributed by atoms with E-state index in [0.29, 0.717) is 44.4 Å². The molecule has 0 aliphatic carbocycles. The van der Waals surface area contributed by atoms with E-state index in [1.807, 2.05) is 71.1 Å². The van der Waals surface area contributed by atoms with Crippen molar-refractivity contribution in [3.05, 3.63) is 58.9 Å². The van der Waals surface area contributed by atoms with Crippen molar-refractivity contribution >= 4 is 23.5 Å². The van der Waals surface area contributed by atoms with Gasteiger partial charge in [-0.2, -0.15) is 0 Å². The summed E-state index contributed by atoms with van der Waals surface area (Å²) < 4.78 is 7.40. The molecule has 1 amide bonds. The number of carbonyl (C=O) groups excluding carboxylic acids is 1. The molecule has 1 aliphatic heterocycles. The summed E-state index contributed by atoms with van der Waals surface area (Å²) in [6.45, 7) is 3.55. The minimum Gasteiger partial charge on any atom is -0.378 e. The van der Waals surface area contributed by atoms with Gasteiger partial charge >= 0.3 is 0 Å². The van der Waals surface area contributed by atoms with Crippen molar-refractivity contribution in [1.29, 1.82) is 0 Å². The molecule has 0 saturated carbocycles. The minimum atomic E-state index is -0.293. The summed E-state index contributed by atoms with van der Waals surface area (Å²) in [6.07, 6.45) is 1.88. The van der Waals surface area contributed by atoms with Crippen LogP contribution in [0.1, 0.15) is 17.2 Å². The summed E-state index contributed by atoms with van der Waals surface area (Å²) in [4.78, 5) is 21.6. The lowest BCUT2D eigenvalue weighted by Gasteiger charge is -2.31. The summed E-state index contributed by atoms with van der Waals surface area (Å²) in [5, 5.41) is 4.10. The van der Waals surface area contributed by atoms with Gasteiger partial charge < -0.3 is 24.4 Å². The fourth-order valence-corrected chi connectivity index (χ4v) is 3.93. The van der Waals surface area contributed by atoms with Crippen LogP contribution in [0, 0.1) is 0 Å². The third kappa shape index (κ3) is 5.55. The molecule has 7 nitrogen and oxygen atoms in total. The number of aromatic nitrogens is 1. The predicted octanol–water partition coefficient (Wildman–Crippen LogP) is 2.33. The lowest BCUT2D eigenvalue weighted by molar-refractivity contribution is -0.136. The van der Waals surface area contributed by atoms with Crippen molar-refractivity contribution < 1.29 is 9.53 Å². The molecule has 1 unspecified atom stereocenters. The van der Waals surface area contributed by atoms with Gasteiger partial charge in [0.15, 0.2) is 5.96 Å². The number of nitrogens with zero attached hydrogens (tertiary/aromatic N) is 4. The average molecular weight is 432 g/mol. The van der Waals surface area contributed by atoms with Crippen molar-refractivity contribution in [3.8, 4) is 0 Å². The van der Waals surface area contributed by atoms with E-state index in [0.717, 1.165) is 17.2 Å². The van der Waals surface area contributed by atoms with Crippen molar-refractivity contribution in [2.75, 3.05) is 46.9 Å². The Kier molecular flexibility index (Phi) is 7.76. The van der Waals surface area contributed by atoms with E-state index >= 15 is 0 Å². The van der Waals surface area contributed by atoms with Crippen molar-refractivity contribution in [2.24, 2.45) is 12.0 Å². The number of aliphatic imine (C=N–C) groups is 1. The van der Waals surface area contributed by atoms with Crippen LogP contribution in [0.4, 0.5) is 0 Å². The van der Waals surface area contributed by atoms with E-state index in [-0.39, 0.29) is 11.8 Å². The number of amides is 1. The van der Waals surface area contributed by atoms with E-state index in [4.69, 9.17) is 16.3 Å². The highest BCUT2D eigenvalue weighted by atomic mass is 35.5. The number of hydrogen-bond donors (Lipinski definition) is 1. The maximum Gasteiger partial charge on any atom is 0.232 e. The molecule has 1 N–H and O–H groups in total. The number of nitrogens with one attached hydrogen (secondary N) is 1. The Labute approximate surface area is 183 Å². The van der Waals surface area contributed by atoms with Crippen LogP contribution in [0.25, 0.3) is 0 Å². The zero-order chi connectivity index (χ0) is 21.5. The molecule has 1 saturated heterocycles. The highest BCUT2D eigenvalue weighted by molar-refractivity contribution is 6.30. The maximum atomic E-state index is 13.3. The fourth-order valence-electron chi connectivity index (χ4n) is 3.66. The van der Waals surface area contributed by atoms with Crippen molar-refractivity contribution in [3.63, 3.8) is 0 Å². The second kappa shape index (κ2) is 10.5. The largest absolute Gasteiger partial charge is 0.378 e. The van der Waals surface area contributed by atoms with Crippen LogP contribution in [-0.4, -0.2) is 73.2 Å². The van der Waals surface area contributed by atoms with Gasteiger partial charge in [-0.1, -0.05) is 41.9 Å². The molecule has 3 rings (SSSR count). The summed E-state index contributed by atoms with van der Waals surface area (Å²) in [5.74, 6) is 0.547. The number of rotatable bonds is 6. The Morgan fingerprint density at radius 1 is 1.30 bits per heavy atom. The molecule has 0 radical (unpaired) electrons. The number of hydrogen-bond acceptors (Lipinski definition) is 3. The molecule has 8 heteroatoms. The monoisotopic (exact) mass is 431 g/mol. The van der Waals surface area contributed by atoms with E-state index in [1.54, 1.807) is 7.05 Å². The molecule has 1 fully saturated rings. The van der Waals surface area contributed by atoms with Crippen LogP contribution in [0.2, 0.25) is 5.02 Å². The van der Waals surface area contributed by atoms with Gasteiger partial charge in [-0.3, -0.25) is 9.79 Å². The molecule has 2 heterocycles. The van der Waals surface area contributed by atoms with Crippen LogP contribution in [0.5, 0.6) is 0 Å².